The number of carboxylic acids is 1. The van der Waals surface area contributed by atoms with Crippen LogP contribution in [0.15, 0.2) is 0 Å². The third kappa shape index (κ3) is 2.83. The van der Waals surface area contributed by atoms with Gasteiger partial charge in [-0.25, -0.2) is 0 Å². The fourth-order valence-electron chi connectivity index (χ4n) is 1.59. The third-order valence-corrected chi connectivity index (χ3v) is 2.61. The maximum Gasteiger partial charge on any atom is 0.415 e. The number of aliphatic hydroxyl groups is 1. The average molecular weight is 242 g/mol. The summed E-state index contributed by atoms with van der Waals surface area (Å²) in [4.78, 5) is 11.9. The number of carbonyl (C=O) groups is 1. The molecule has 0 aromatic carbocycles. The van der Waals surface area contributed by atoms with Gasteiger partial charge in [-0.3, -0.25) is 9.69 Å². The van der Waals surface area contributed by atoms with E-state index in [2.05, 4.69) is 0 Å². The maximum absolute atomic E-state index is 12.0. The van der Waals surface area contributed by atoms with Gasteiger partial charge in [-0.1, -0.05) is 0 Å². The number of aliphatic hydroxyl groups excluding tert-OH is 1. The molecule has 0 radical (unpaired) electrons. The number of nitrogens with zero attached hydrogens (tertiary/aromatic N) is 1. The van der Waals surface area contributed by atoms with Gasteiger partial charge in [-0.2, -0.15) is 13.2 Å². The van der Waals surface area contributed by atoms with E-state index in [0.717, 1.165) is 0 Å². The van der Waals surface area contributed by atoms with Gasteiger partial charge in [0.05, 0.1) is 0 Å². The number of alkyl halides is 3. The summed E-state index contributed by atoms with van der Waals surface area (Å²) in [6.45, 7) is -0.693. The van der Waals surface area contributed by atoms with Crippen LogP contribution in [0.5, 0.6) is 0 Å². The molecule has 0 aromatic rings. The molecule has 5 nitrogen and oxygen atoms in total. The van der Waals surface area contributed by atoms with E-state index in [1.807, 2.05) is 0 Å². The van der Waals surface area contributed by atoms with Gasteiger partial charge in [0, 0.05) is 19.6 Å². The lowest BCUT2D eigenvalue weighted by molar-refractivity contribution is -0.207. The Hall–Kier alpha value is -0.860. The fraction of sp³-hybridized carbons (Fsp3) is 0.875. The minimum Gasteiger partial charge on any atom is -0.480 e. The number of halogens is 3. The van der Waals surface area contributed by atoms with Crippen molar-refractivity contribution >= 4 is 5.97 Å². The van der Waals surface area contributed by atoms with Gasteiger partial charge in [-0.05, 0) is 6.42 Å². The lowest BCUT2D eigenvalue weighted by atomic mass is 10.0. The number of aliphatic carboxylic acids is 1. The third-order valence-electron chi connectivity index (χ3n) is 2.61. The number of rotatable bonds is 3. The molecular formula is C8H13F3N2O3. The SMILES string of the molecule is NC1(C(=O)O)CCN(CC(O)C(F)(F)F)C1. The molecule has 0 spiro atoms. The Morgan fingerprint density at radius 2 is 2.12 bits per heavy atom. The van der Waals surface area contributed by atoms with Crippen LogP contribution in [0.3, 0.4) is 0 Å². The summed E-state index contributed by atoms with van der Waals surface area (Å²) >= 11 is 0. The van der Waals surface area contributed by atoms with Crippen molar-refractivity contribution in [2.45, 2.75) is 24.2 Å². The lowest BCUT2D eigenvalue weighted by Gasteiger charge is -2.23. The summed E-state index contributed by atoms with van der Waals surface area (Å²) < 4.78 is 36.1. The van der Waals surface area contributed by atoms with Crippen LogP contribution in [0, 0.1) is 0 Å². The van der Waals surface area contributed by atoms with Crippen LogP contribution < -0.4 is 5.73 Å². The average Bonchev–Trinajstić information content (AvgIpc) is 2.47. The Morgan fingerprint density at radius 3 is 2.50 bits per heavy atom. The van der Waals surface area contributed by atoms with Crippen molar-refractivity contribution in [2.75, 3.05) is 19.6 Å². The molecule has 2 atom stereocenters. The van der Waals surface area contributed by atoms with Crippen LogP contribution >= 0.6 is 0 Å². The van der Waals surface area contributed by atoms with Gasteiger partial charge in [0.15, 0.2) is 6.10 Å². The molecule has 0 amide bonds. The highest BCUT2D eigenvalue weighted by Gasteiger charge is 2.45. The van der Waals surface area contributed by atoms with E-state index in [0.29, 0.717) is 0 Å². The topological polar surface area (TPSA) is 86.8 Å². The minimum atomic E-state index is -4.69. The molecule has 2 unspecified atom stereocenters. The zero-order chi connectivity index (χ0) is 12.6. The molecule has 1 saturated heterocycles. The number of hydrogen-bond acceptors (Lipinski definition) is 4. The first-order valence-electron chi connectivity index (χ1n) is 4.64. The molecule has 1 heterocycles. The maximum atomic E-state index is 12.0. The summed E-state index contributed by atoms with van der Waals surface area (Å²) in [7, 11) is 0. The number of nitrogens with two attached hydrogens (primary N) is 1. The summed E-state index contributed by atoms with van der Waals surface area (Å²) in [6, 6.07) is 0. The molecule has 1 aliphatic heterocycles. The van der Waals surface area contributed by atoms with Crippen molar-refractivity contribution in [1.29, 1.82) is 0 Å². The Kier molecular flexibility index (Phi) is 3.46. The first kappa shape index (κ1) is 13.2. The van der Waals surface area contributed by atoms with E-state index in [-0.39, 0.29) is 19.5 Å². The van der Waals surface area contributed by atoms with E-state index >= 15 is 0 Å². The molecule has 0 bridgehead atoms. The fourth-order valence-corrected chi connectivity index (χ4v) is 1.59. The van der Waals surface area contributed by atoms with Crippen molar-refractivity contribution in [3.63, 3.8) is 0 Å². The zero-order valence-electron chi connectivity index (χ0n) is 8.37. The second kappa shape index (κ2) is 4.19. The van der Waals surface area contributed by atoms with E-state index in [4.69, 9.17) is 15.9 Å². The predicted molar refractivity (Wildman–Crippen MR) is 47.7 cm³/mol. The van der Waals surface area contributed by atoms with E-state index in [9.17, 15) is 18.0 Å². The first-order valence-corrected chi connectivity index (χ1v) is 4.64. The Morgan fingerprint density at radius 1 is 1.56 bits per heavy atom. The molecule has 1 fully saturated rings. The molecule has 0 aromatic heterocycles. The quantitative estimate of drug-likeness (QED) is 0.615. The van der Waals surface area contributed by atoms with Crippen LogP contribution in [0.25, 0.3) is 0 Å². The molecule has 1 aliphatic rings. The number of β-amino-alcohol motifs (C(OH)–C–C–N with tert-alkyl or cyclic N) is 1. The Balaban J connectivity index is 2.52. The smallest absolute Gasteiger partial charge is 0.415 e. The molecule has 4 N–H and O–H groups in total. The summed E-state index contributed by atoms with van der Waals surface area (Å²) in [5, 5.41) is 17.5. The molecular weight excluding hydrogens is 229 g/mol. The largest absolute Gasteiger partial charge is 0.480 e. The molecule has 0 saturated carbocycles. The highest BCUT2D eigenvalue weighted by atomic mass is 19.4. The summed E-state index contributed by atoms with van der Waals surface area (Å²) in [5.41, 5.74) is 3.96. The second-order valence-electron chi connectivity index (χ2n) is 4.00. The number of hydrogen-bond donors (Lipinski definition) is 3. The molecule has 1 rings (SSSR count). The second-order valence-corrected chi connectivity index (χ2v) is 4.00. The van der Waals surface area contributed by atoms with Gasteiger partial charge < -0.3 is 15.9 Å². The van der Waals surface area contributed by atoms with Crippen LogP contribution in [0.1, 0.15) is 6.42 Å². The number of carboxylic acid groups (broad SMARTS) is 1. The van der Waals surface area contributed by atoms with Crippen LogP contribution in [-0.4, -0.2) is 58.5 Å². The van der Waals surface area contributed by atoms with Crippen LogP contribution in [-0.2, 0) is 4.79 Å². The zero-order valence-corrected chi connectivity index (χ0v) is 8.37. The van der Waals surface area contributed by atoms with Crippen molar-refractivity contribution in [3.8, 4) is 0 Å². The molecule has 94 valence electrons. The van der Waals surface area contributed by atoms with Gasteiger partial charge in [0.25, 0.3) is 0 Å². The monoisotopic (exact) mass is 242 g/mol. The number of likely N-dealkylation sites (tertiary alicyclic amines) is 1. The highest BCUT2D eigenvalue weighted by Crippen LogP contribution is 2.24. The summed E-state index contributed by atoms with van der Waals surface area (Å²) in [5.74, 6) is -1.24. The summed E-state index contributed by atoms with van der Waals surface area (Å²) in [6.07, 6.45) is -7.08. The Bertz CT molecular complexity index is 284. The standard InChI is InChI=1S/C8H13F3N2O3/c9-8(10,11)5(14)3-13-2-1-7(12,4-13)6(15)16/h5,14H,1-4,12H2,(H,15,16). The Labute approximate surface area is 89.6 Å². The van der Waals surface area contributed by atoms with E-state index < -0.39 is 30.3 Å². The predicted octanol–water partition coefficient (Wildman–Crippen LogP) is -0.603. The van der Waals surface area contributed by atoms with Crippen molar-refractivity contribution < 1.29 is 28.2 Å². The molecule has 0 aliphatic carbocycles. The van der Waals surface area contributed by atoms with Gasteiger partial charge >= 0.3 is 12.1 Å². The van der Waals surface area contributed by atoms with Crippen LogP contribution in [0.4, 0.5) is 13.2 Å². The van der Waals surface area contributed by atoms with Gasteiger partial charge in [0.2, 0.25) is 0 Å². The first-order chi connectivity index (χ1) is 7.15. The van der Waals surface area contributed by atoms with Gasteiger partial charge in [-0.15, -0.1) is 0 Å². The van der Waals surface area contributed by atoms with E-state index in [1.165, 1.54) is 4.90 Å². The minimum absolute atomic E-state index is 0.0763. The van der Waals surface area contributed by atoms with Crippen molar-refractivity contribution in [2.24, 2.45) is 5.73 Å². The van der Waals surface area contributed by atoms with Crippen molar-refractivity contribution in [3.05, 3.63) is 0 Å². The normalized spacial score (nSPS) is 29.3. The van der Waals surface area contributed by atoms with E-state index in [1.54, 1.807) is 0 Å². The van der Waals surface area contributed by atoms with Crippen LogP contribution in [0.2, 0.25) is 0 Å². The molecule has 8 heteroatoms. The highest BCUT2D eigenvalue weighted by molar-refractivity contribution is 5.79. The molecule has 16 heavy (non-hydrogen) atoms. The van der Waals surface area contributed by atoms with Crippen molar-refractivity contribution in [1.82, 2.24) is 4.90 Å². The lowest BCUT2D eigenvalue weighted by Crippen LogP contribution is -2.51. The van der Waals surface area contributed by atoms with Gasteiger partial charge in [0.1, 0.15) is 5.54 Å².